The van der Waals surface area contributed by atoms with Crippen LogP contribution in [0.25, 0.3) is 0 Å². The van der Waals surface area contributed by atoms with Crippen molar-refractivity contribution in [2.45, 2.75) is 38.6 Å². The van der Waals surface area contributed by atoms with Gasteiger partial charge < -0.3 is 34.1 Å². The zero-order valence-corrected chi connectivity index (χ0v) is 25.7. The third-order valence-corrected chi connectivity index (χ3v) is 8.35. The van der Waals surface area contributed by atoms with Gasteiger partial charge in [0.25, 0.3) is 0 Å². The number of ether oxygens (including phenoxy) is 5. The summed E-state index contributed by atoms with van der Waals surface area (Å²) in [4.78, 5) is 28.4. The van der Waals surface area contributed by atoms with Gasteiger partial charge in [0.2, 0.25) is 12.7 Å². The molecule has 1 fully saturated rings. The van der Waals surface area contributed by atoms with Crippen molar-refractivity contribution in [3.63, 3.8) is 0 Å². The van der Waals surface area contributed by atoms with Crippen molar-refractivity contribution in [2.24, 2.45) is 5.92 Å². The number of likely N-dealkylation sites (tertiary alicyclic amines) is 1. The zero-order chi connectivity index (χ0) is 31.9. The number of fused-ring (bicyclic) bond motifs is 1. The van der Waals surface area contributed by atoms with Gasteiger partial charge >= 0.3 is 5.97 Å². The standard InChI is InChI=1S/C34H39FN2O8/c1-4-21-7-6-8-22(5-2)32(21)36-30(38)18-37-17-26(25-15-28-29(16-27(25)35)45-20-44-28)31(34(39)40)33(37)23-9-11-24(12-10-23)43-19-42-14-13-41-3/h6-12,15-16,26,31,33H,4-5,13-14,17-20H2,1-3H3,(H,36,38)(H,39,40)/t26-,31?,33+/m1/s1. The predicted molar refractivity (Wildman–Crippen MR) is 164 cm³/mol. The molecule has 0 aromatic heterocycles. The molecule has 0 radical (unpaired) electrons. The van der Waals surface area contributed by atoms with Crippen molar-refractivity contribution in [2.75, 3.05) is 52.3 Å². The average molecular weight is 623 g/mol. The number of aryl methyl sites for hydroxylation is 2. The fourth-order valence-corrected chi connectivity index (χ4v) is 6.16. The van der Waals surface area contributed by atoms with Gasteiger partial charge in [-0.1, -0.05) is 44.2 Å². The first kappa shape index (κ1) is 32.2. The van der Waals surface area contributed by atoms with Crippen LogP contribution in [0.1, 0.15) is 48.1 Å². The molecule has 11 heteroatoms. The third-order valence-electron chi connectivity index (χ3n) is 8.35. The number of halogens is 1. The molecule has 10 nitrogen and oxygen atoms in total. The summed E-state index contributed by atoms with van der Waals surface area (Å²) in [6.07, 6.45) is 1.49. The van der Waals surface area contributed by atoms with Gasteiger partial charge in [0.1, 0.15) is 11.6 Å². The van der Waals surface area contributed by atoms with Gasteiger partial charge in [0.05, 0.1) is 25.7 Å². The van der Waals surface area contributed by atoms with Crippen LogP contribution in [0, 0.1) is 11.7 Å². The molecular weight excluding hydrogens is 583 g/mol. The topological polar surface area (TPSA) is 116 Å². The summed E-state index contributed by atoms with van der Waals surface area (Å²) in [7, 11) is 1.58. The van der Waals surface area contributed by atoms with Crippen LogP contribution >= 0.6 is 0 Å². The molecule has 45 heavy (non-hydrogen) atoms. The maximum absolute atomic E-state index is 15.5. The number of rotatable bonds is 14. The first-order chi connectivity index (χ1) is 21.8. The minimum atomic E-state index is -1.10. The molecule has 1 amide bonds. The van der Waals surface area contributed by atoms with Crippen molar-refractivity contribution >= 4 is 17.6 Å². The molecule has 3 atom stereocenters. The van der Waals surface area contributed by atoms with E-state index in [1.165, 1.54) is 12.1 Å². The van der Waals surface area contributed by atoms with E-state index < -0.39 is 29.7 Å². The summed E-state index contributed by atoms with van der Waals surface area (Å²) in [6.45, 7) is 4.92. The number of amides is 1. The highest BCUT2D eigenvalue weighted by Crippen LogP contribution is 2.48. The molecule has 1 unspecified atom stereocenters. The van der Waals surface area contributed by atoms with Gasteiger partial charge in [-0.3, -0.25) is 14.5 Å². The number of carboxylic acids is 1. The molecule has 0 bridgehead atoms. The molecule has 0 saturated carbocycles. The molecule has 3 aromatic rings. The molecular formula is C34H39FN2O8. The smallest absolute Gasteiger partial charge is 0.309 e. The van der Waals surface area contributed by atoms with E-state index in [-0.39, 0.29) is 43.9 Å². The number of methoxy groups -OCH3 is 1. The summed E-state index contributed by atoms with van der Waals surface area (Å²) >= 11 is 0. The molecule has 240 valence electrons. The number of aliphatic carboxylic acids is 1. The molecule has 3 aromatic carbocycles. The number of hydrogen-bond acceptors (Lipinski definition) is 8. The highest BCUT2D eigenvalue weighted by atomic mass is 19.1. The number of benzene rings is 3. The number of nitrogens with one attached hydrogen (secondary N) is 1. The lowest BCUT2D eigenvalue weighted by Crippen LogP contribution is -2.35. The van der Waals surface area contributed by atoms with Crippen LogP contribution in [0.2, 0.25) is 0 Å². The van der Waals surface area contributed by atoms with Crippen LogP contribution < -0.4 is 19.5 Å². The van der Waals surface area contributed by atoms with Gasteiger partial charge in [0.15, 0.2) is 18.3 Å². The van der Waals surface area contributed by atoms with Crippen molar-refractivity contribution in [3.05, 3.63) is 82.7 Å². The summed E-state index contributed by atoms with van der Waals surface area (Å²) in [5.41, 5.74) is 3.69. The SMILES string of the molecule is CCc1cccc(CC)c1NC(=O)CN1C[C@H](c2cc3c(cc2F)OCO3)C(C(=O)O)[C@@H]1c1ccc(OCOCCOC)cc1. The van der Waals surface area contributed by atoms with E-state index in [1.807, 2.05) is 36.9 Å². The van der Waals surface area contributed by atoms with E-state index in [0.717, 1.165) is 29.7 Å². The van der Waals surface area contributed by atoms with Crippen molar-refractivity contribution in [1.29, 1.82) is 0 Å². The van der Waals surface area contributed by atoms with E-state index in [9.17, 15) is 14.7 Å². The van der Waals surface area contributed by atoms with E-state index in [2.05, 4.69) is 5.32 Å². The van der Waals surface area contributed by atoms with Gasteiger partial charge in [-0.25, -0.2) is 4.39 Å². The Kier molecular flexibility index (Phi) is 10.5. The molecule has 1 saturated heterocycles. The maximum atomic E-state index is 15.5. The predicted octanol–water partition coefficient (Wildman–Crippen LogP) is 5.16. The van der Waals surface area contributed by atoms with Gasteiger partial charge in [-0.05, 0) is 53.3 Å². The lowest BCUT2D eigenvalue weighted by molar-refractivity contribution is -0.143. The first-order valence-corrected chi connectivity index (χ1v) is 15.1. The summed E-state index contributed by atoms with van der Waals surface area (Å²) in [6, 6.07) is 15.0. The second-order valence-electron chi connectivity index (χ2n) is 11.0. The Morgan fingerprint density at radius 2 is 1.71 bits per heavy atom. The number of nitrogens with zero attached hydrogens (tertiary/aromatic N) is 1. The van der Waals surface area contributed by atoms with Crippen LogP contribution in [-0.4, -0.2) is 68.9 Å². The number of anilines is 1. The number of carbonyl (C=O) groups excluding carboxylic acids is 1. The van der Waals surface area contributed by atoms with Crippen LogP contribution in [0.3, 0.4) is 0 Å². The van der Waals surface area contributed by atoms with Gasteiger partial charge in [0, 0.05) is 37.4 Å². The van der Waals surface area contributed by atoms with E-state index in [4.69, 9.17) is 23.7 Å². The summed E-state index contributed by atoms with van der Waals surface area (Å²) in [5, 5.41) is 13.7. The van der Waals surface area contributed by atoms with E-state index in [1.54, 1.807) is 31.4 Å². The Morgan fingerprint density at radius 1 is 1.02 bits per heavy atom. The number of para-hydroxylation sites is 1. The Labute approximate surface area is 262 Å². The second-order valence-corrected chi connectivity index (χ2v) is 11.0. The minimum Gasteiger partial charge on any atom is -0.481 e. The van der Waals surface area contributed by atoms with Gasteiger partial charge in [-0.2, -0.15) is 0 Å². The monoisotopic (exact) mass is 622 g/mol. The Hall–Kier alpha value is -4.19. The second kappa shape index (κ2) is 14.7. The quantitative estimate of drug-likeness (QED) is 0.186. The largest absolute Gasteiger partial charge is 0.481 e. The highest BCUT2D eigenvalue weighted by molar-refractivity contribution is 5.94. The van der Waals surface area contributed by atoms with E-state index >= 15 is 4.39 Å². The zero-order valence-electron chi connectivity index (χ0n) is 25.7. The molecule has 2 aliphatic heterocycles. The molecule has 2 N–H and O–H groups in total. The van der Waals surface area contributed by atoms with E-state index in [0.29, 0.717) is 30.3 Å². The Balaban J connectivity index is 1.45. The number of carbonyl (C=O) groups is 2. The van der Waals surface area contributed by atoms with Gasteiger partial charge in [-0.15, -0.1) is 0 Å². The Bertz CT molecular complexity index is 1480. The van der Waals surface area contributed by atoms with Crippen LogP contribution in [-0.2, 0) is 31.9 Å². The third kappa shape index (κ3) is 7.22. The van der Waals surface area contributed by atoms with Crippen molar-refractivity contribution in [3.8, 4) is 17.2 Å². The fourth-order valence-electron chi connectivity index (χ4n) is 6.16. The summed E-state index contributed by atoms with van der Waals surface area (Å²) in [5.74, 6) is -2.62. The Morgan fingerprint density at radius 3 is 2.36 bits per heavy atom. The molecule has 0 aliphatic carbocycles. The van der Waals surface area contributed by atoms with Crippen molar-refractivity contribution < 1.29 is 42.8 Å². The van der Waals surface area contributed by atoms with Crippen molar-refractivity contribution in [1.82, 2.24) is 4.90 Å². The summed E-state index contributed by atoms with van der Waals surface area (Å²) < 4.78 is 42.3. The van der Waals surface area contributed by atoms with Crippen LogP contribution in [0.4, 0.5) is 10.1 Å². The van der Waals surface area contributed by atoms with Crippen LogP contribution in [0.5, 0.6) is 17.2 Å². The normalized spacial score (nSPS) is 19.1. The number of carboxylic acid groups (broad SMARTS) is 1. The molecule has 2 aliphatic rings. The highest BCUT2D eigenvalue weighted by Gasteiger charge is 2.49. The molecule has 2 heterocycles. The molecule has 5 rings (SSSR count). The first-order valence-electron chi connectivity index (χ1n) is 15.1. The lowest BCUT2D eigenvalue weighted by Gasteiger charge is -2.27. The number of hydrogen-bond donors (Lipinski definition) is 2. The average Bonchev–Trinajstić information content (AvgIpc) is 3.65. The fraction of sp³-hybridized carbons (Fsp3) is 0.412. The molecule has 0 spiro atoms. The maximum Gasteiger partial charge on any atom is 0.309 e. The lowest BCUT2D eigenvalue weighted by atomic mass is 9.82. The van der Waals surface area contributed by atoms with Crippen LogP contribution in [0.15, 0.2) is 54.6 Å². The minimum absolute atomic E-state index is 0.0284.